The molecule has 1 atom stereocenters. The molecule has 1 aliphatic heterocycles. The van der Waals surface area contributed by atoms with E-state index in [2.05, 4.69) is 50.7 Å². The second kappa shape index (κ2) is 8.88. The number of fused-ring (bicyclic) bond motifs is 1. The van der Waals surface area contributed by atoms with E-state index in [0.717, 1.165) is 19.5 Å². The Morgan fingerprint density at radius 3 is 2.84 bits per heavy atom. The summed E-state index contributed by atoms with van der Waals surface area (Å²) in [5.41, 5.74) is 1.25. The lowest BCUT2D eigenvalue weighted by atomic mass is 10.2. The van der Waals surface area contributed by atoms with Crippen molar-refractivity contribution in [3.63, 3.8) is 0 Å². The molecule has 2 aromatic rings. The van der Waals surface area contributed by atoms with Crippen molar-refractivity contribution in [2.24, 2.45) is 4.99 Å². The average Bonchev–Trinajstić information content (AvgIpc) is 3.13. The highest BCUT2D eigenvalue weighted by Crippen LogP contribution is 2.15. The highest BCUT2D eigenvalue weighted by atomic mass is 127. The molecular formula is C17H25IN4O2S. The number of sulfone groups is 1. The van der Waals surface area contributed by atoms with Crippen LogP contribution in [0.5, 0.6) is 0 Å². The van der Waals surface area contributed by atoms with Gasteiger partial charge in [0.05, 0.1) is 11.5 Å². The SMILES string of the molecule is CN=C(NCCCn1ccc2ccccc21)NC1CCS(=O)(=O)C1.I. The lowest BCUT2D eigenvalue weighted by Crippen LogP contribution is -2.44. The first-order valence-corrected chi connectivity index (χ1v) is 10.1. The lowest BCUT2D eigenvalue weighted by molar-refractivity contribution is 0.598. The Hall–Kier alpha value is -1.29. The van der Waals surface area contributed by atoms with Crippen LogP contribution in [0.2, 0.25) is 0 Å². The van der Waals surface area contributed by atoms with Crippen molar-refractivity contribution < 1.29 is 8.42 Å². The highest BCUT2D eigenvalue weighted by Gasteiger charge is 2.28. The minimum absolute atomic E-state index is 0. The second-order valence-corrected chi connectivity index (χ2v) is 8.39. The zero-order valence-corrected chi connectivity index (χ0v) is 17.5. The number of hydrogen-bond acceptors (Lipinski definition) is 3. The molecule has 2 N–H and O–H groups in total. The summed E-state index contributed by atoms with van der Waals surface area (Å²) in [7, 11) is -1.17. The molecule has 0 radical (unpaired) electrons. The van der Waals surface area contributed by atoms with Crippen molar-refractivity contribution >= 4 is 50.7 Å². The molecule has 0 spiro atoms. The van der Waals surface area contributed by atoms with Crippen LogP contribution in [0.15, 0.2) is 41.5 Å². The maximum Gasteiger partial charge on any atom is 0.191 e. The Balaban J connectivity index is 0.00000225. The fraction of sp³-hybridized carbons (Fsp3) is 0.471. The summed E-state index contributed by atoms with van der Waals surface area (Å²) in [6.45, 7) is 1.71. The van der Waals surface area contributed by atoms with Crippen molar-refractivity contribution in [1.29, 1.82) is 0 Å². The van der Waals surface area contributed by atoms with Crippen molar-refractivity contribution in [2.75, 3.05) is 25.1 Å². The molecule has 25 heavy (non-hydrogen) atoms. The molecule has 8 heteroatoms. The molecule has 6 nitrogen and oxygen atoms in total. The molecule has 1 aromatic heterocycles. The molecule has 0 aliphatic carbocycles. The third-order valence-corrected chi connectivity index (χ3v) is 6.11. The summed E-state index contributed by atoms with van der Waals surface area (Å²) < 4.78 is 25.3. The molecule has 1 aromatic carbocycles. The van der Waals surface area contributed by atoms with Crippen LogP contribution in [-0.4, -0.2) is 50.1 Å². The molecule has 138 valence electrons. The van der Waals surface area contributed by atoms with Crippen molar-refractivity contribution in [2.45, 2.75) is 25.4 Å². The topological polar surface area (TPSA) is 75.5 Å². The van der Waals surface area contributed by atoms with Gasteiger partial charge in [-0.3, -0.25) is 4.99 Å². The van der Waals surface area contributed by atoms with Crippen LogP contribution in [-0.2, 0) is 16.4 Å². The number of aliphatic imine (C=N–C) groups is 1. The Morgan fingerprint density at radius 1 is 1.32 bits per heavy atom. The maximum absolute atomic E-state index is 11.5. The van der Waals surface area contributed by atoms with E-state index in [1.165, 1.54) is 10.9 Å². The fourth-order valence-corrected chi connectivity index (χ4v) is 4.76. The second-order valence-electron chi connectivity index (χ2n) is 6.16. The predicted molar refractivity (Wildman–Crippen MR) is 114 cm³/mol. The fourth-order valence-electron chi connectivity index (χ4n) is 3.09. The minimum Gasteiger partial charge on any atom is -0.356 e. The number of guanidine groups is 1. The summed E-state index contributed by atoms with van der Waals surface area (Å²) in [6, 6.07) is 10.4. The van der Waals surface area contributed by atoms with Gasteiger partial charge in [0.2, 0.25) is 0 Å². The van der Waals surface area contributed by atoms with E-state index >= 15 is 0 Å². The minimum atomic E-state index is -2.87. The molecule has 1 unspecified atom stereocenters. The number of para-hydroxylation sites is 1. The smallest absolute Gasteiger partial charge is 0.191 e. The first-order chi connectivity index (χ1) is 11.6. The number of halogens is 1. The first kappa shape index (κ1) is 20.0. The van der Waals surface area contributed by atoms with Gasteiger partial charge in [0.1, 0.15) is 0 Å². The number of aromatic nitrogens is 1. The first-order valence-electron chi connectivity index (χ1n) is 8.29. The van der Waals surface area contributed by atoms with Crippen LogP contribution in [0.1, 0.15) is 12.8 Å². The number of hydrogen-bond donors (Lipinski definition) is 2. The zero-order chi connectivity index (χ0) is 17.0. The van der Waals surface area contributed by atoms with Gasteiger partial charge in [-0.25, -0.2) is 8.42 Å². The van der Waals surface area contributed by atoms with Crippen LogP contribution >= 0.6 is 24.0 Å². The summed E-state index contributed by atoms with van der Waals surface area (Å²) in [5.74, 6) is 1.14. The molecular weight excluding hydrogens is 451 g/mol. The van der Waals surface area contributed by atoms with Gasteiger partial charge in [0.25, 0.3) is 0 Å². The normalized spacial score (nSPS) is 19.6. The Morgan fingerprint density at radius 2 is 2.12 bits per heavy atom. The molecule has 0 amide bonds. The van der Waals surface area contributed by atoms with E-state index in [0.29, 0.717) is 12.4 Å². The number of aryl methyl sites for hydroxylation is 1. The molecule has 1 fully saturated rings. The lowest BCUT2D eigenvalue weighted by Gasteiger charge is -2.16. The summed E-state index contributed by atoms with van der Waals surface area (Å²) in [4.78, 5) is 4.18. The predicted octanol–water partition coefficient (Wildman–Crippen LogP) is 2.00. The van der Waals surface area contributed by atoms with Crippen LogP contribution < -0.4 is 10.6 Å². The Labute approximate surface area is 166 Å². The largest absolute Gasteiger partial charge is 0.356 e. The van der Waals surface area contributed by atoms with Gasteiger partial charge in [0, 0.05) is 37.9 Å². The van der Waals surface area contributed by atoms with Crippen LogP contribution in [0.25, 0.3) is 10.9 Å². The third-order valence-electron chi connectivity index (χ3n) is 4.35. The number of benzene rings is 1. The zero-order valence-electron chi connectivity index (χ0n) is 14.3. The van der Waals surface area contributed by atoms with Crippen LogP contribution in [0, 0.1) is 0 Å². The van der Waals surface area contributed by atoms with E-state index < -0.39 is 9.84 Å². The number of nitrogens with zero attached hydrogens (tertiary/aromatic N) is 2. The maximum atomic E-state index is 11.5. The van der Waals surface area contributed by atoms with Gasteiger partial charge in [0.15, 0.2) is 15.8 Å². The van der Waals surface area contributed by atoms with Crippen molar-refractivity contribution in [3.05, 3.63) is 36.5 Å². The van der Waals surface area contributed by atoms with Crippen molar-refractivity contribution in [3.8, 4) is 0 Å². The van der Waals surface area contributed by atoms with Crippen molar-refractivity contribution in [1.82, 2.24) is 15.2 Å². The van der Waals surface area contributed by atoms with Crippen LogP contribution in [0.4, 0.5) is 0 Å². The van der Waals surface area contributed by atoms with E-state index in [1.807, 2.05) is 6.07 Å². The Kier molecular flexibility index (Phi) is 7.12. The van der Waals surface area contributed by atoms with E-state index in [-0.39, 0.29) is 41.5 Å². The van der Waals surface area contributed by atoms with Gasteiger partial charge in [-0.2, -0.15) is 0 Å². The molecule has 1 saturated heterocycles. The van der Waals surface area contributed by atoms with Gasteiger partial charge in [-0.05, 0) is 30.4 Å². The summed E-state index contributed by atoms with van der Waals surface area (Å²) in [5, 5.41) is 7.72. The molecule has 0 saturated carbocycles. The molecule has 3 rings (SSSR count). The highest BCUT2D eigenvalue weighted by molar-refractivity contribution is 14.0. The van der Waals surface area contributed by atoms with E-state index in [4.69, 9.17) is 0 Å². The monoisotopic (exact) mass is 476 g/mol. The van der Waals surface area contributed by atoms with Gasteiger partial charge >= 0.3 is 0 Å². The van der Waals surface area contributed by atoms with Crippen LogP contribution in [0.3, 0.4) is 0 Å². The molecule has 2 heterocycles. The summed E-state index contributed by atoms with van der Waals surface area (Å²) >= 11 is 0. The Bertz CT molecular complexity index is 832. The quantitative estimate of drug-likeness (QED) is 0.300. The average molecular weight is 476 g/mol. The van der Waals surface area contributed by atoms with E-state index in [9.17, 15) is 8.42 Å². The third kappa shape index (κ3) is 5.34. The van der Waals surface area contributed by atoms with Gasteiger partial charge in [-0.15, -0.1) is 24.0 Å². The van der Waals surface area contributed by atoms with Gasteiger partial charge < -0.3 is 15.2 Å². The summed E-state index contributed by atoms with van der Waals surface area (Å²) in [6.07, 6.45) is 3.72. The van der Waals surface area contributed by atoms with E-state index in [1.54, 1.807) is 7.05 Å². The molecule has 1 aliphatic rings. The number of rotatable bonds is 5. The standard InChI is InChI=1S/C17H24N4O2S.HI/c1-18-17(20-15-8-12-24(22,23)13-15)19-9-4-10-21-11-7-14-5-2-3-6-16(14)21;/h2-3,5-7,11,15H,4,8-10,12-13H2,1H3,(H2,18,19,20);1H. The molecule has 0 bridgehead atoms. The van der Waals surface area contributed by atoms with Gasteiger partial charge in [-0.1, -0.05) is 18.2 Å². The number of nitrogens with one attached hydrogen (secondary N) is 2.